The number of hydrogen-bond donors (Lipinski definition) is 2. The van der Waals surface area contributed by atoms with E-state index in [1.165, 1.54) is 0 Å². The molecule has 0 unspecified atom stereocenters. The summed E-state index contributed by atoms with van der Waals surface area (Å²) in [6.07, 6.45) is -3.04. The standard InChI is InChI=1S/C7H11F3N4O2S2/c1-18(15,16)12-4-2-3-11-6-14-13-5(17-6)7(8,9)10/h12H,2-4H2,1H3,(H,11,14). The predicted molar refractivity (Wildman–Crippen MR) is 60.9 cm³/mol. The molecule has 0 saturated carbocycles. The molecule has 0 amide bonds. The van der Waals surface area contributed by atoms with Crippen molar-refractivity contribution in [3.8, 4) is 0 Å². The smallest absolute Gasteiger partial charge is 0.360 e. The summed E-state index contributed by atoms with van der Waals surface area (Å²) in [5.41, 5.74) is 0. The van der Waals surface area contributed by atoms with E-state index in [1.807, 2.05) is 0 Å². The van der Waals surface area contributed by atoms with Crippen LogP contribution in [-0.2, 0) is 16.2 Å². The summed E-state index contributed by atoms with van der Waals surface area (Å²) in [7, 11) is -3.24. The predicted octanol–water partition coefficient (Wildman–Crippen LogP) is 0.908. The lowest BCUT2D eigenvalue weighted by Crippen LogP contribution is -2.24. The van der Waals surface area contributed by atoms with Crippen molar-refractivity contribution in [2.45, 2.75) is 12.6 Å². The topological polar surface area (TPSA) is 84.0 Å². The lowest BCUT2D eigenvalue weighted by atomic mass is 10.4. The van der Waals surface area contributed by atoms with Gasteiger partial charge in [0.15, 0.2) is 0 Å². The molecular weight excluding hydrogens is 293 g/mol. The van der Waals surface area contributed by atoms with E-state index in [9.17, 15) is 21.6 Å². The molecule has 2 N–H and O–H groups in total. The first kappa shape index (κ1) is 15.1. The van der Waals surface area contributed by atoms with E-state index in [-0.39, 0.29) is 11.7 Å². The molecule has 1 aromatic heterocycles. The third-order valence-electron chi connectivity index (χ3n) is 1.66. The molecule has 0 fully saturated rings. The Bertz CT molecular complexity index is 485. The summed E-state index contributed by atoms with van der Waals surface area (Å²) in [6, 6.07) is 0. The van der Waals surface area contributed by atoms with Crippen LogP contribution < -0.4 is 10.0 Å². The van der Waals surface area contributed by atoms with Crippen LogP contribution in [0.2, 0.25) is 0 Å². The van der Waals surface area contributed by atoms with Gasteiger partial charge in [-0.25, -0.2) is 13.1 Å². The van der Waals surface area contributed by atoms with Crippen molar-refractivity contribution in [2.75, 3.05) is 24.7 Å². The van der Waals surface area contributed by atoms with Crippen LogP contribution in [-0.4, -0.2) is 38.0 Å². The number of aromatic nitrogens is 2. The molecule has 0 aliphatic carbocycles. The van der Waals surface area contributed by atoms with Gasteiger partial charge >= 0.3 is 6.18 Å². The number of hydrogen-bond acceptors (Lipinski definition) is 6. The summed E-state index contributed by atoms with van der Waals surface area (Å²) in [6.45, 7) is 0.506. The van der Waals surface area contributed by atoms with Crippen LogP contribution in [0.5, 0.6) is 0 Å². The number of nitrogens with zero attached hydrogens (tertiary/aromatic N) is 2. The van der Waals surface area contributed by atoms with Gasteiger partial charge in [-0.2, -0.15) is 13.2 Å². The second kappa shape index (κ2) is 5.80. The van der Waals surface area contributed by atoms with Crippen molar-refractivity contribution in [3.63, 3.8) is 0 Å². The zero-order valence-corrected chi connectivity index (χ0v) is 10.9. The average Bonchev–Trinajstić information content (AvgIpc) is 2.63. The Kier molecular flexibility index (Phi) is 4.87. The van der Waals surface area contributed by atoms with E-state index >= 15 is 0 Å². The number of alkyl halides is 3. The lowest BCUT2D eigenvalue weighted by Gasteiger charge is -2.02. The minimum Gasteiger partial charge on any atom is -0.360 e. The van der Waals surface area contributed by atoms with E-state index in [4.69, 9.17) is 0 Å². The highest BCUT2D eigenvalue weighted by molar-refractivity contribution is 7.88. The van der Waals surface area contributed by atoms with Gasteiger partial charge in [0.25, 0.3) is 0 Å². The first-order valence-electron chi connectivity index (χ1n) is 4.78. The van der Waals surface area contributed by atoms with Gasteiger partial charge < -0.3 is 5.32 Å². The number of sulfonamides is 1. The summed E-state index contributed by atoms with van der Waals surface area (Å²) in [5, 5.41) is 8.00. The second-order valence-electron chi connectivity index (χ2n) is 3.36. The number of anilines is 1. The summed E-state index contributed by atoms with van der Waals surface area (Å²) in [5.74, 6) is 0. The van der Waals surface area contributed by atoms with Crippen molar-refractivity contribution in [3.05, 3.63) is 5.01 Å². The van der Waals surface area contributed by atoms with Crippen LogP contribution in [0.15, 0.2) is 0 Å². The highest BCUT2D eigenvalue weighted by Crippen LogP contribution is 2.32. The highest BCUT2D eigenvalue weighted by Gasteiger charge is 2.35. The van der Waals surface area contributed by atoms with Gasteiger partial charge in [-0.15, -0.1) is 10.2 Å². The van der Waals surface area contributed by atoms with Crippen LogP contribution in [0.1, 0.15) is 11.4 Å². The average molecular weight is 304 g/mol. The van der Waals surface area contributed by atoms with Crippen molar-refractivity contribution >= 4 is 26.5 Å². The molecule has 0 saturated heterocycles. The molecule has 6 nitrogen and oxygen atoms in total. The third kappa shape index (κ3) is 5.60. The van der Waals surface area contributed by atoms with E-state index in [2.05, 4.69) is 20.2 Å². The molecule has 11 heteroatoms. The molecular formula is C7H11F3N4O2S2. The summed E-state index contributed by atoms with van der Waals surface area (Å²) < 4.78 is 60.2. The molecule has 1 heterocycles. The van der Waals surface area contributed by atoms with Gasteiger partial charge in [0.05, 0.1) is 6.26 Å². The molecule has 18 heavy (non-hydrogen) atoms. The third-order valence-corrected chi connectivity index (χ3v) is 3.32. The summed E-state index contributed by atoms with van der Waals surface area (Å²) in [4.78, 5) is 0. The molecule has 1 aromatic rings. The van der Waals surface area contributed by atoms with Crippen LogP contribution in [0.4, 0.5) is 18.3 Å². The van der Waals surface area contributed by atoms with Crippen molar-refractivity contribution in [2.24, 2.45) is 0 Å². The first-order valence-corrected chi connectivity index (χ1v) is 7.48. The minimum absolute atomic E-state index is 0.0571. The van der Waals surface area contributed by atoms with Gasteiger partial charge in [-0.1, -0.05) is 11.3 Å². The largest absolute Gasteiger partial charge is 0.445 e. The van der Waals surface area contributed by atoms with Gasteiger partial charge in [-0.3, -0.25) is 0 Å². The van der Waals surface area contributed by atoms with E-state index in [0.29, 0.717) is 24.3 Å². The quantitative estimate of drug-likeness (QED) is 0.763. The Morgan fingerprint density at radius 2 is 1.94 bits per heavy atom. The fourth-order valence-electron chi connectivity index (χ4n) is 0.950. The van der Waals surface area contributed by atoms with Crippen LogP contribution in [0, 0.1) is 0 Å². The Balaban J connectivity index is 2.30. The molecule has 0 spiro atoms. The van der Waals surface area contributed by atoms with Crippen LogP contribution in [0.3, 0.4) is 0 Å². The molecule has 1 rings (SSSR count). The minimum atomic E-state index is -4.49. The van der Waals surface area contributed by atoms with E-state index < -0.39 is 21.2 Å². The van der Waals surface area contributed by atoms with Crippen molar-refractivity contribution < 1.29 is 21.6 Å². The maximum atomic E-state index is 12.2. The first-order chi connectivity index (χ1) is 8.18. The molecule has 104 valence electrons. The van der Waals surface area contributed by atoms with Crippen LogP contribution >= 0.6 is 11.3 Å². The number of halogens is 3. The van der Waals surface area contributed by atoms with Gasteiger partial charge in [-0.05, 0) is 6.42 Å². The van der Waals surface area contributed by atoms with Crippen LogP contribution in [0.25, 0.3) is 0 Å². The summed E-state index contributed by atoms with van der Waals surface area (Å²) >= 11 is 0.406. The lowest BCUT2D eigenvalue weighted by molar-refractivity contribution is -0.138. The maximum absolute atomic E-state index is 12.2. The van der Waals surface area contributed by atoms with Gasteiger partial charge in [0, 0.05) is 13.1 Å². The van der Waals surface area contributed by atoms with Crippen molar-refractivity contribution in [1.82, 2.24) is 14.9 Å². The molecule has 0 radical (unpaired) electrons. The molecule has 0 bridgehead atoms. The highest BCUT2D eigenvalue weighted by atomic mass is 32.2. The molecule has 0 aliphatic rings. The zero-order valence-electron chi connectivity index (χ0n) is 9.28. The Hall–Kier alpha value is -0.940. The van der Waals surface area contributed by atoms with E-state index in [1.54, 1.807) is 0 Å². The second-order valence-corrected chi connectivity index (χ2v) is 6.17. The number of rotatable bonds is 6. The molecule has 0 aliphatic heterocycles. The normalized spacial score (nSPS) is 12.7. The Labute approximate surface area is 106 Å². The van der Waals surface area contributed by atoms with Gasteiger partial charge in [0.1, 0.15) is 0 Å². The van der Waals surface area contributed by atoms with Gasteiger partial charge in [0.2, 0.25) is 20.2 Å². The molecule has 0 atom stereocenters. The number of nitrogens with one attached hydrogen (secondary N) is 2. The Morgan fingerprint density at radius 1 is 1.28 bits per heavy atom. The fourth-order valence-corrected chi connectivity index (χ4v) is 2.10. The maximum Gasteiger partial charge on any atom is 0.445 e. The zero-order chi connectivity index (χ0) is 13.8. The molecule has 0 aromatic carbocycles. The van der Waals surface area contributed by atoms with E-state index in [0.717, 1.165) is 6.26 Å². The fraction of sp³-hybridized carbons (Fsp3) is 0.714. The van der Waals surface area contributed by atoms with Crippen molar-refractivity contribution in [1.29, 1.82) is 0 Å². The monoisotopic (exact) mass is 304 g/mol. The SMILES string of the molecule is CS(=O)(=O)NCCCNc1nnc(C(F)(F)F)s1. The Morgan fingerprint density at radius 3 is 2.44 bits per heavy atom.